The van der Waals surface area contributed by atoms with Gasteiger partial charge in [0.25, 0.3) is 0 Å². The van der Waals surface area contributed by atoms with Gasteiger partial charge in [-0.2, -0.15) is 0 Å². The standard InChI is InChI=1S/C24H32O/c1-18(2)4-5-19-6-8-20(9-7-19)21-10-12-22(13-11-21)23-14-16-24(25-3)17-15-23/h10-20H,4-9H2,1-3H3. The van der Waals surface area contributed by atoms with Gasteiger partial charge in [-0.25, -0.2) is 0 Å². The second-order valence-electron chi connectivity index (χ2n) is 8.04. The average molecular weight is 337 g/mol. The highest BCUT2D eigenvalue weighted by Gasteiger charge is 2.22. The van der Waals surface area contributed by atoms with E-state index in [1.54, 1.807) is 7.11 Å². The molecule has 25 heavy (non-hydrogen) atoms. The van der Waals surface area contributed by atoms with Crippen molar-refractivity contribution in [2.45, 2.75) is 58.3 Å². The average Bonchev–Trinajstić information content (AvgIpc) is 2.67. The minimum atomic E-state index is 0.764. The predicted molar refractivity (Wildman–Crippen MR) is 107 cm³/mol. The van der Waals surface area contributed by atoms with E-state index < -0.39 is 0 Å². The van der Waals surface area contributed by atoms with Gasteiger partial charge in [0, 0.05) is 0 Å². The number of hydrogen-bond donors (Lipinski definition) is 0. The van der Waals surface area contributed by atoms with Gasteiger partial charge in [-0.05, 0) is 72.3 Å². The molecule has 1 aliphatic carbocycles. The molecule has 134 valence electrons. The number of benzene rings is 2. The van der Waals surface area contributed by atoms with Crippen LogP contribution in [0.3, 0.4) is 0 Å². The van der Waals surface area contributed by atoms with Crippen LogP contribution >= 0.6 is 0 Å². The molecule has 1 aliphatic rings. The molecule has 2 aromatic carbocycles. The molecule has 0 aromatic heterocycles. The molecule has 1 heteroatoms. The summed E-state index contributed by atoms with van der Waals surface area (Å²) < 4.78 is 5.24. The first-order chi connectivity index (χ1) is 12.2. The second kappa shape index (κ2) is 8.56. The zero-order valence-electron chi connectivity index (χ0n) is 16.0. The van der Waals surface area contributed by atoms with Crippen LogP contribution in [0.5, 0.6) is 5.75 Å². The number of rotatable bonds is 6. The van der Waals surface area contributed by atoms with Crippen molar-refractivity contribution < 1.29 is 4.74 Å². The van der Waals surface area contributed by atoms with Gasteiger partial charge < -0.3 is 4.74 Å². The van der Waals surface area contributed by atoms with Crippen LogP contribution in [-0.2, 0) is 0 Å². The maximum absolute atomic E-state index is 5.24. The van der Waals surface area contributed by atoms with E-state index in [1.165, 1.54) is 55.2 Å². The third-order valence-corrected chi connectivity index (χ3v) is 5.80. The van der Waals surface area contributed by atoms with Crippen molar-refractivity contribution in [3.63, 3.8) is 0 Å². The highest BCUT2D eigenvalue weighted by molar-refractivity contribution is 5.64. The van der Waals surface area contributed by atoms with Gasteiger partial charge in [0.2, 0.25) is 0 Å². The van der Waals surface area contributed by atoms with Crippen molar-refractivity contribution in [1.82, 2.24) is 0 Å². The summed E-state index contributed by atoms with van der Waals surface area (Å²) in [6, 6.07) is 17.6. The molecule has 0 radical (unpaired) electrons. The van der Waals surface area contributed by atoms with Crippen molar-refractivity contribution >= 4 is 0 Å². The zero-order chi connectivity index (χ0) is 17.6. The van der Waals surface area contributed by atoms with Gasteiger partial charge in [-0.15, -0.1) is 0 Å². The van der Waals surface area contributed by atoms with Gasteiger partial charge in [0.1, 0.15) is 5.75 Å². The van der Waals surface area contributed by atoms with Crippen LogP contribution in [0, 0.1) is 11.8 Å². The van der Waals surface area contributed by atoms with Crippen LogP contribution in [0.15, 0.2) is 48.5 Å². The van der Waals surface area contributed by atoms with E-state index in [4.69, 9.17) is 4.74 Å². The van der Waals surface area contributed by atoms with E-state index >= 15 is 0 Å². The summed E-state index contributed by atoms with van der Waals surface area (Å²) in [7, 11) is 1.71. The summed E-state index contributed by atoms with van der Waals surface area (Å²) >= 11 is 0. The topological polar surface area (TPSA) is 9.23 Å². The first kappa shape index (κ1) is 18.0. The Balaban J connectivity index is 1.57. The molecule has 0 N–H and O–H groups in total. The van der Waals surface area contributed by atoms with Crippen molar-refractivity contribution in [1.29, 1.82) is 0 Å². The molecule has 2 aromatic rings. The Hall–Kier alpha value is -1.76. The molecule has 0 bridgehead atoms. The molecule has 0 amide bonds. The molecule has 3 rings (SSSR count). The summed E-state index contributed by atoms with van der Waals surface area (Å²) in [5.74, 6) is 3.50. The molecular weight excluding hydrogens is 304 g/mol. The monoisotopic (exact) mass is 336 g/mol. The minimum absolute atomic E-state index is 0.764. The highest BCUT2D eigenvalue weighted by atomic mass is 16.5. The normalized spacial score (nSPS) is 20.6. The lowest BCUT2D eigenvalue weighted by atomic mass is 9.76. The van der Waals surface area contributed by atoms with E-state index in [-0.39, 0.29) is 0 Å². The third-order valence-electron chi connectivity index (χ3n) is 5.80. The van der Waals surface area contributed by atoms with Crippen LogP contribution in [-0.4, -0.2) is 7.11 Å². The van der Waals surface area contributed by atoms with Gasteiger partial charge in [-0.1, -0.05) is 63.1 Å². The van der Waals surface area contributed by atoms with Crippen LogP contribution in [0.1, 0.15) is 63.9 Å². The fraction of sp³-hybridized carbons (Fsp3) is 0.500. The lowest BCUT2D eigenvalue weighted by molar-refractivity contribution is 0.293. The maximum atomic E-state index is 5.24. The molecule has 0 unspecified atom stereocenters. The summed E-state index contributed by atoms with van der Waals surface area (Å²) in [5.41, 5.74) is 4.07. The molecule has 0 spiro atoms. The first-order valence-corrected chi connectivity index (χ1v) is 9.90. The molecule has 0 atom stereocenters. The summed E-state index contributed by atoms with van der Waals surface area (Å²) in [6.07, 6.45) is 8.39. The Bertz CT molecular complexity index is 631. The Morgan fingerprint density at radius 2 is 1.40 bits per heavy atom. The minimum Gasteiger partial charge on any atom is -0.497 e. The number of ether oxygens (including phenoxy) is 1. The molecule has 0 saturated heterocycles. The molecule has 0 aliphatic heterocycles. The largest absolute Gasteiger partial charge is 0.497 e. The van der Waals surface area contributed by atoms with Crippen LogP contribution in [0.4, 0.5) is 0 Å². The number of methoxy groups -OCH3 is 1. The fourth-order valence-corrected chi connectivity index (χ4v) is 4.08. The van der Waals surface area contributed by atoms with Crippen LogP contribution < -0.4 is 4.74 Å². The van der Waals surface area contributed by atoms with Crippen LogP contribution in [0.25, 0.3) is 11.1 Å². The SMILES string of the molecule is COc1ccc(-c2ccc(C3CCC(CCC(C)C)CC3)cc2)cc1. The van der Waals surface area contributed by atoms with Crippen molar-refractivity contribution in [3.8, 4) is 16.9 Å². The van der Waals surface area contributed by atoms with Gasteiger partial charge >= 0.3 is 0 Å². The first-order valence-electron chi connectivity index (χ1n) is 9.90. The molecule has 1 nitrogen and oxygen atoms in total. The third kappa shape index (κ3) is 4.87. The summed E-state index contributed by atoms with van der Waals surface area (Å²) in [6.45, 7) is 4.69. The van der Waals surface area contributed by atoms with Crippen LogP contribution in [0.2, 0.25) is 0 Å². The van der Waals surface area contributed by atoms with Crippen molar-refractivity contribution in [3.05, 3.63) is 54.1 Å². The van der Waals surface area contributed by atoms with E-state index in [0.29, 0.717) is 0 Å². The van der Waals surface area contributed by atoms with Gasteiger partial charge in [0.15, 0.2) is 0 Å². The highest BCUT2D eigenvalue weighted by Crippen LogP contribution is 2.38. The summed E-state index contributed by atoms with van der Waals surface area (Å²) in [4.78, 5) is 0. The fourth-order valence-electron chi connectivity index (χ4n) is 4.08. The second-order valence-corrected chi connectivity index (χ2v) is 8.04. The Labute approximate surface area is 153 Å². The van der Waals surface area contributed by atoms with E-state index in [0.717, 1.165) is 23.5 Å². The Kier molecular flexibility index (Phi) is 6.18. The summed E-state index contributed by atoms with van der Waals surface area (Å²) in [5, 5.41) is 0. The van der Waals surface area contributed by atoms with E-state index in [1.807, 2.05) is 12.1 Å². The molecule has 0 heterocycles. The Morgan fingerprint density at radius 3 is 1.92 bits per heavy atom. The lowest BCUT2D eigenvalue weighted by Crippen LogP contribution is -2.14. The number of hydrogen-bond acceptors (Lipinski definition) is 1. The predicted octanol–water partition coefficient (Wildman–Crippen LogP) is 7.07. The zero-order valence-corrected chi connectivity index (χ0v) is 16.0. The van der Waals surface area contributed by atoms with Gasteiger partial charge in [-0.3, -0.25) is 0 Å². The Morgan fingerprint density at radius 1 is 0.840 bits per heavy atom. The van der Waals surface area contributed by atoms with Gasteiger partial charge in [0.05, 0.1) is 7.11 Å². The molecule has 1 saturated carbocycles. The smallest absolute Gasteiger partial charge is 0.118 e. The maximum Gasteiger partial charge on any atom is 0.118 e. The van der Waals surface area contributed by atoms with E-state index in [2.05, 4.69) is 50.2 Å². The molecular formula is C24H32O. The lowest BCUT2D eigenvalue weighted by Gasteiger charge is -2.29. The van der Waals surface area contributed by atoms with Crippen molar-refractivity contribution in [2.75, 3.05) is 7.11 Å². The quantitative estimate of drug-likeness (QED) is 0.548. The molecule has 1 fully saturated rings. The van der Waals surface area contributed by atoms with E-state index in [9.17, 15) is 0 Å². The van der Waals surface area contributed by atoms with Crippen molar-refractivity contribution in [2.24, 2.45) is 11.8 Å².